The smallest absolute Gasteiger partial charge is 0.397 e. The maximum Gasteiger partial charge on any atom is 0.416 e. The Morgan fingerprint density at radius 2 is 2.11 bits per heavy atom. The van der Waals surface area contributed by atoms with E-state index in [0.717, 1.165) is 17.1 Å². The number of nitrogens with two attached hydrogens (primary N) is 1. The van der Waals surface area contributed by atoms with Crippen LogP contribution in [-0.4, -0.2) is 4.98 Å². The molecule has 3 nitrogen and oxygen atoms in total. The summed E-state index contributed by atoms with van der Waals surface area (Å²) in [5.41, 5.74) is 5.42. The van der Waals surface area contributed by atoms with Crippen LogP contribution in [0.25, 0.3) is 0 Å². The topological polar surface area (TPSA) is 50.9 Å². The summed E-state index contributed by atoms with van der Waals surface area (Å²) in [5, 5.41) is 5.73. The zero-order valence-corrected chi connectivity index (χ0v) is 10.8. The lowest BCUT2D eigenvalue weighted by Gasteiger charge is -2.16. The highest BCUT2D eigenvalue weighted by Crippen LogP contribution is 2.33. The van der Waals surface area contributed by atoms with Gasteiger partial charge in [0.15, 0.2) is 0 Å². The van der Waals surface area contributed by atoms with E-state index in [0.29, 0.717) is 5.69 Å². The van der Waals surface area contributed by atoms with E-state index in [2.05, 4.69) is 10.3 Å². The van der Waals surface area contributed by atoms with Crippen molar-refractivity contribution in [2.75, 3.05) is 11.1 Å². The average Bonchev–Trinajstić information content (AvgIpc) is 2.84. The third-order valence-electron chi connectivity index (χ3n) is 2.57. The second-order valence-corrected chi connectivity index (χ2v) is 4.96. The van der Waals surface area contributed by atoms with E-state index < -0.39 is 11.7 Å². The number of alkyl halides is 3. The van der Waals surface area contributed by atoms with Crippen LogP contribution in [0.1, 0.15) is 23.5 Å². The van der Waals surface area contributed by atoms with Gasteiger partial charge in [0, 0.05) is 11.6 Å². The molecule has 0 aliphatic rings. The van der Waals surface area contributed by atoms with E-state index in [4.69, 9.17) is 5.73 Å². The van der Waals surface area contributed by atoms with Gasteiger partial charge in [-0.1, -0.05) is 0 Å². The molecule has 2 aromatic rings. The molecule has 0 spiro atoms. The fraction of sp³-hybridized carbons (Fsp3) is 0.250. The first-order valence-electron chi connectivity index (χ1n) is 5.50. The van der Waals surface area contributed by atoms with E-state index in [1.807, 2.05) is 12.3 Å². The van der Waals surface area contributed by atoms with Gasteiger partial charge in [0.25, 0.3) is 0 Å². The van der Waals surface area contributed by atoms with Crippen LogP contribution in [0, 0.1) is 0 Å². The predicted octanol–water partition coefficient (Wildman–Crippen LogP) is 3.92. The molecule has 0 amide bonds. The van der Waals surface area contributed by atoms with Crippen LogP contribution < -0.4 is 11.1 Å². The quantitative estimate of drug-likeness (QED) is 0.841. The van der Waals surface area contributed by atoms with Crippen molar-refractivity contribution in [2.24, 2.45) is 0 Å². The molecule has 1 aromatic heterocycles. The van der Waals surface area contributed by atoms with Crippen LogP contribution in [0.2, 0.25) is 0 Å². The molecule has 19 heavy (non-hydrogen) atoms. The van der Waals surface area contributed by atoms with Crippen molar-refractivity contribution in [1.29, 1.82) is 0 Å². The van der Waals surface area contributed by atoms with Gasteiger partial charge in [0.1, 0.15) is 5.01 Å². The van der Waals surface area contributed by atoms with Gasteiger partial charge in [-0.3, -0.25) is 0 Å². The van der Waals surface area contributed by atoms with Gasteiger partial charge in [-0.2, -0.15) is 13.2 Å². The molecule has 1 heterocycles. The first-order chi connectivity index (χ1) is 8.88. The summed E-state index contributed by atoms with van der Waals surface area (Å²) in [6.07, 6.45) is -2.71. The molecule has 1 atom stereocenters. The minimum absolute atomic E-state index is 0.0678. The van der Waals surface area contributed by atoms with Crippen molar-refractivity contribution in [3.63, 3.8) is 0 Å². The number of nitrogens with one attached hydrogen (secondary N) is 1. The highest BCUT2D eigenvalue weighted by Gasteiger charge is 2.30. The second-order valence-electron chi connectivity index (χ2n) is 4.04. The van der Waals surface area contributed by atoms with Crippen LogP contribution in [0.5, 0.6) is 0 Å². The number of rotatable bonds is 3. The summed E-state index contributed by atoms with van der Waals surface area (Å²) in [6.45, 7) is 1.87. The van der Waals surface area contributed by atoms with Gasteiger partial charge in [0.2, 0.25) is 0 Å². The van der Waals surface area contributed by atoms with Crippen LogP contribution in [-0.2, 0) is 6.18 Å². The summed E-state index contributed by atoms with van der Waals surface area (Å²) in [5.74, 6) is 0. The minimum Gasteiger partial charge on any atom is -0.397 e. The minimum atomic E-state index is -4.38. The number of nitrogen functional groups attached to an aromatic ring is 1. The Labute approximate surface area is 112 Å². The van der Waals surface area contributed by atoms with E-state index in [9.17, 15) is 13.2 Å². The number of hydrogen-bond acceptors (Lipinski definition) is 4. The van der Waals surface area contributed by atoms with E-state index in [-0.39, 0.29) is 11.7 Å². The molecule has 0 fully saturated rings. The molecule has 1 unspecified atom stereocenters. The number of thiazole rings is 1. The van der Waals surface area contributed by atoms with Gasteiger partial charge in [-0.25, -0.2) is 4.98 Å². The molecule has 0 saturated heterocycles. The Morgan fingerprint density at radius 1 is 1.37 bits per heavy atom. The van der Waals surface area contributed by atoms with Gasteiger partial charge < -0.3 is 11.1 Å². The molecular formula is C12H12F3N3S. The van der Waals surface area contributed by atoms with Crippen LogP contribution in [0.3, 0.4) is 0 Å². The van der Waals surface area contributed by atoms with Crippen LogP contribution in [0.15, 0.2) is 29.8 Å². The number of anilines is 2. The molecule has 0 saturated carbocycles. The zero-order chi connectivity index (χ0) is 14.0. The maximum atomic E-state index is 12.5. The van der Waals surface area contributed by atoms with Gasteiger partial charge >= 0.3 is 6.18 Å². The molecule has 0 aliphatic heterocycles. The first-order valence-corrected chi connectivity index (χ1v) is 6.38. The molecule has 102 valence electrons. The fourth-order valence-electron chi connectivity index (χ4n) is 1.61. The summed E-state index contributed by atoms with van der Waals surface area (Å²) in [6, 6.07) is 3.16. The SMILES string of the molecule is CC(Nc1ccc(C(F)(F)F)cc1N)c1nccs1. The van der Waals surface area contributed by atoms with Gasteiger partial charge in [-0.05, 0) is 25.1 Å². The number of benzene rings is 1. The van der Waals surface area contributed by atoms with Crippen molar-refractivity contribution in [3.8, 4) is 0 Å². The van der Waals surface area contributed by atoms with Crippen molar-refractivity contribution in [1.82, 2.24) is 4.98 Å². The van der Waals surface area contributed by atoms with E-state index >= 15 is 0 Å². The highest BCUT2D eigenvalue weighted by molar-refractivity contribution is 7.09. The molecule has 0 aliphatic carbocycles. The average molecular weight is 287 g/mol. The highest BCUT2D eigenvalue weighted by atomic mass is 32.1. The molecular weight excluding hydrogens is 275 g/mol. The fourth-order valence-corrected chi connectivity index (χ4v) is 2.26. The van der Waals surface area contributed by atoms with Gasteiger partial charge in [0.05, 0.1) is 23.0 Å². The summed E-state index contributed by atoms with van der Waals surface area (Å²) >= 11 is 1.47. The van der Waals surface area contributed by atoms with Crippen LogP contribution in [0.4, 0.5) is 24.5 Å². The normalized spacial score (nSPS) is 13.3. The molecule has 7 heteroatoms. The monoisotopic (exact) mass is 287 g/mol. The van der Waals surface area contributed by atoms with Crippen LogP contribution >= 0.6 is 11.3 Å². The Hall–Kier alpha value is -1.76. The summed E-state index contributed by atoms with van der Waals surface area (Å²) < 4.78 is 37.5. The van der Waals surface area contributed by atoms with Crippen molar-refractivity contribution >= 4 is 22.7 Å². The Kier molecular flexibility index (Phi) is 3.66. The van der Waals surface area contributed by atoms with E-state index in [1.54, 1.807) is 6.20 Å². The lowest BCUT2D eigenvalue weighted by atomic mass is 10.1. The Balaban J connectivity index is 2.18. The molecule has 3 N–H and O–H groups in total. The Bertz CT molecular complexity index is 552. The molecule has 0 radical (unpaired) electrons. The second kappa shape index (κ2) is 5.08. The third kappa shape index (κ3) is 3.17. The predicted molar refractivity (Wildman–Crippen MR) is 70.0 cm³/mol. The first kappa shape index (κ1) is 13.7. The van der Waals surface area contributed by atoms with E-state index in [1.165, 1.54) is 17.4 Å². The number of hydrogen-bond donors (Lipinski definition) is 2. The number of nitrogens with zero attached hydrogens (tertiary/aromatic N) is 1. The summed E-state index contributed by atoms with van der Waals surface area (Å²) in [7, 11) is 0. The lowest BCUT2D eigenvalue weighted by molar-refractivity contribution is -0.137. The number of aromatic nitrogens is 1. The molecule has 2 rings (SSSR count). The maximum absolute atomic E-state index is 12.5. The standard InChI is InChI=1S/C12H12F3N3S/c1-7(11-17-4-5-19-11)18-10-3-2-8(6-9(10)16)12(13,14)15/h2-7,18H,16H2,1H3. The summed E-state index contributed by atoms with van der Waals surface area (Å²) in [4.78, 5) is 4.13. The molecule has 0 bridgehead atoms. The largest absolute Gasteiger partial charge is 0.416 e. The Morgan fingerprint density at radius 3 is 2.63 bits per heavy atom. The van der Waals surface area contributed by atoms with Crippen molar-refractivity contribution in [3.05, 3.63) is 40.3 Å². The number of halogens is 3. The third-order valence-corrected chi connectivity index (χ3v) is 3.53. The van der Waals surface area contributed by atoms with Crippen molar-refractivity contribution < 1.29 is 13.2 Å². The lowest BCUT2D eigenvalue weighted by Crippen LogP contribution is -2.10. The molecule has 1 aromatic carbocycles. The zero-order valence-electron chi connectivity index (χ0n) is 10.0. The van der Waals surface area contributed by atoms with Gasteiger partial charge in [-0.15, -0.1) is 11.3 Å². The van der Waals surface area contributed by atoms with Crippen molar-refractivity contribution in [2.45, 2.75) is 19.1 Å².